The Balaban J connectivity index is 2.14. The maximum atomic E-state index is 10.8. The molecule has 0 aliphatic carbocycles. The van der Waals surface area contributed by atoms with Crippen LogP contribution < -0.4 is 4.40 Å². The fraction of sp³-hybridized carbons (Fsp3) is 0.250. The quantitative estimate of drug-likeness (QED) is 0.422. The van der Waals surface area contributed by atoms with Crippen molar-refractivity contribution in [3.8, 4) is 11.3 Å². The molecule has 3 rings (SSSR count). The maximum Gasteiger partial charge on any atom is 0.403 e. The average Bonchev–Trinajstić information content (AvgIpc) is 2.86. The van der Waals surface area contributed by atoms with Crippen LogP contribution in [-0.2, 0) is 6.54 Å². The van der Waals surface area contributed by atoms with Gasteiger partial charge in [0.1, 0.15) is 18.1 Å². The van der Waals surface area contributed by atoms with E-state index in [4.69, 9.17) is 0 Å². The number of non-ortho nitro benzene ring substituents is 1. The molecule has 0 bridgehead atoms. The van der Waals surface area contributed by atoms with Gasteiger partial charge in [-0.1, -0.05) is 18.8 Å². The molecule has 0 spiro atoms. The summed E-state index contributed by atoms with van der Waals surface area (Å²) < 4.78 is 4.12. The number of nitro groups is 1. The molecule has 2 aromatic heterocycles. The normalized spacial score (nSPS) is 11.2. The van der Waals surface area contributed by atoms with Crippen molar-refractivity contribution < 1.29 is 9.32 Å². The van der Waals surface area contributed by atoms with Gasteiger partial charge in [-0.3, -0.25) is 10.1 Å². The van der Waals surface area contributed by atoms with E-state index in [1.54, 1.807) is 18.3 Å². The van der Waals surface area contributed by atoms with E-state index < -0.39 is 0 Å². The third-order valence-electron chi connectivity index (χ3n) is 3.47. The largest absolute Gasteiger partial charge is 0.403 e. The molecule has 112 valence electrons. The summed E-state index contributed by atoms with van der Waals surface area (Å²) in [5, 5.41) is 10.8. The zero-order chi connectivity index (χ0) is 15.7. The van der Waals surface area contributed by atoms with Gasteiger partial charge in [0.05, 0.1) is 17.7 Å². The van der Waals surface area contributed by atoms with Crippen LogP contribution in [0.5, 0.6) is 0 Å². The minimum atomic E-state index is -0.385. The summed E-state index contributed by atoms with van der Waals surface area (Å²) in [6.45, 7) is 5.14. The first-order chi connectivity index (χ1) is 10.6. The summed E-state index contributed by atoms with van der Waals surface area (Å²) in [5.41, 5.74) is 2.04. The van der Waals surface area contributed by atoms with Crippen LogP contribution in [0.15, 0.2) is 48.9 Å². The predicted octanol–water partition coefficient (Wildman–Crippen LogP) is 2.85. The highest BCUT2D eigenvalue weighted by atomic mass is 16.6. The Labute approximate surface area is 127 Å². The third kappa shape index (κ3) is 2.55. The number of nitro benzene ring substituents is 1. The number of fused-ring (bicyclic) bond motifs is 1. The van der Waals surface area contributed by atoms with Crippen molar-refractivity contribution in [2.45, 2.75) is 20.4 Å². The average molecular weight is 297 g/mol. The Morgan fingerprint density at radius 3 is 2.68 bits per heavy atom. The second-order valence-corrected chi connectivity index (χ2v) is 5.65. The highest BCUT2D eigenvalue weighted by Gasteiger charge is 2.20. The monoisotopic (exact) mass is 297 g/mol. The summed E-state index contributed by atoms with van der Waals surface area (Å²) in [4.78, 5) is 14.8. The van der Waals surface area contributed by atoms with E-state index in [-0.39, 0.29) is 10.6 Å². The Morgan fingerprint density at radius 2 is 2.05 bits per heavy atom. The Kier molecular flexibility index (Phi) is 3.58. The van der Waals surface area contributed by atoms with Gasteiger partial charge in [-0.05, 0) is 18.1 Å². The van der Waals surface area contributed by atoms with E-state index in [1.165, 1.54) is 12.1 Å². The summed E-state index contributed by atoms with van der Waals surface area (Å²) in [6.07, 6.45) is 5.73. The predicted molar refractivity (Wildman–Crippen MR) is 82.3 cm³/mol. The molecule has 0 N–H and O–H groups in total. The SMILES string of the molecule is CC(C)Cn1c(-c2ccc([N+](=O)[O-])cc2)c[n+]2cccnc12. The van der Waals surface area contributed by atoms with Crippen LogP contribution in [-0.4, -0.2) is 14.5 Å². The molecule has 3 aromatic rings. The van der Waals surface area contributed by atoms with Crippen LogP contribution in [0.2, 0.25) is 0 Å². The van der Waals surface area contributed by atoms with Crippen LogP contribution in [0.25, 0.3) is 17.0 Å². The van der Waals surface area contributed by atoms with Gasteiger partial charge >= 0.3 is 5.78 Å². The number of nitrogens with zero attached hydrogens (tertiary/aromatic N) is 4. The number of hydrogen-bond donors (Lipinski definition) is 0. The lowest BCUT2D eigenvalue weighted by atomic mass is 10.1. The number of aromatic nitrogens is 3. The molecule has 0 saturated carbocycles. The molecule has 0 unspecified atom stereocenters. The second-order valence-electron chi connectivity index (χ2n) is 5.65. The van der Waals surface area contributed by atoms with Gasteiger partial charge in [-0.25, -0.2) is 8.97 Å². The molecule has 1 aromatic carbocycles. The molecule has 0 saturated heterocycles. The second kappa shape index (κ2) is 5.55. The van der Waals surface area contributed by atoms with Gasteiger partial charge in [-0.2, -0.15) is 0 Å². The third-order valence-corrected chi connectivity index (χ3v) is 3.47. The van der Waals surface area contributed by atoms with E-state index in [0.717, 1.165) is 23.6 Å². The molecule has 6 heteroatoms. The topological polar surface area (TPSA) is 65.1 Å². The van der Waals surface area contributed by atoms with Crippen molar-refractivity contribution in [2.75, 3.05) is 0 Å². The molecule has 0 radical (unpaired) electrons. The van der Waals surface area contributed by atoms with Crippen LogP contribution >= 0.6 is 0 Å². The van der Waals surface area contributed by atoms with Crippen molar-refractivity contribution in [1.82, 2.24) is 9.55 Å². The fourth-order valence-corrected chi connectivity index (χ4v) is 2.52. The standard InChI is InChI=1S/C16H17N4O2/c1-12(2)10-19-15(11-18-9-3-8-17-16(18)19)13-4-6-14(7-5-13)20(21)22/h3-9,11-12H,10H2,1-2H3/q+1. The van der Waals surface area contributed by atoms with Crippen molar-refractivity contribution >= 4 is 11.5 Å². The van der Waals surface area contributed by atoms with Gasteiger partial charge in [0.2, 0.25) is 0 Å². The minimum absolute atomic E-state index is 0.0982. The van der Waals surface area contributed by atoms with Crippen molar-refractivity contribution in [1.29, 1.82) is 0 Å². The summed E-state index contributed by atoms with van der Waals surface area (Å²) >= 11 is 0. The number of rotatable bonds is 4. The van der Waals surface area contributed by atoms with Crippen LogP contribution in [0, 0.1) is 16.0 Å². The van der Waals surface area contributed by atoms with E-state index in [1.807, 2.05) is 22.9 Å². The smallest absolute Gasteiger partial charge is 0.258 e. The van der Waals surface area contributed by atoms with Crippen molar-refractivity contribution in [3.05, 3.63) is 59.0 Å². The van der Waals surface area contributed by atoms with Gasteiger partial charge < -0.3 is 0 Å². The molecule has 0 aliphatic rings. The van der Waals surface area contributed by atoms with Crippen molar-refractivity contribution in [2.24, 2.45) is 5.92 Å². The van der Waals surface area contributed by atoms with E-state index >= 15 is 0 Å². The Hall–Kier alpha value is -2.76. The van der Waals surface area contributed by atoms with Crippen molar-refractivity contribution in [3.63, 3.8) is 0 Å². The van der Waals surface area contributed by atoms with E-state index in [0.29, 0.717) is 5.92 Å². The lowest BCUT2D eigenvalue weighted by Crippen LogP contribution is -2.20. The van der Waals surface area contributed by atoms with E-state index in [2.05, 4.69) is 23.4 Å². The first kappa shape index (κ1) is 14.2. The van der Waals surface area contributed by atoms with Crippen LogP contribution in [0.4, 0.5) is 5.69 Å². The van der Waals surface area contributed by atoms with Gasteiger partial charge in [0, 0.05) is 23.8 Å². The molecule has 2 heterocycles. The molecule has 22 heavy (non-hydrogen) atoms. The highest BCUT2D eigenvalue weighted by molar-refractivity contribution is 5.62. The van der Waals surface area contributed by atoms with Crippen LogP contribution in [0.3, 0.4) is 0 Å². The van der Waals surface area contributed by atoms with Gasteiger partial charge in [-0.15, -0.1) is 0 Å². The molecular weight excluding hydrogens is 280 g/mol. The van der Waals surface area contributed by atoms with Gasteiger partial charge in [0.25, 0.3) is 5.69 Å². The number of benzene rings is 1. The molecule has 6 nitrogen and oxygen atoms in total. The Morgan fingerprint density at radius 1 is 1.32 bits per heavy atom. The van der Waals surface area contributed by atoms with Crippen LogP contribution in [0.1, 0.15) is 13.8 Å². The first-order valence-corrected chi connectivity index (χ1v) is 7.16. The molecule has 0 atom stereocenters. The Bertz CT molecular complexity index is 822. The molecule has 0 amide bonds. The molecule has 0 fully saturated rings. The van der Waals surface area contributed by atoms with Gasteiger partial charge in [0.15, 0.2) is 0 Å². The summed E-state index contributed by atoms with van der Waals surface area (Å²) in [5.74, 6) is 1.33. The molecular formula is C16H17N4O2+. The lowest BCUT2D eigenvalue weighted by Gasteiger charge is -2.06. The number of imidazole rings is 1. The highest BCUT2D eigenvalue weighted by Crippen LogP contribution is 2.23. The summed E-state index contributed by atoms with van der Waals surface area (Å²) in [6, 6.07) is 8.51. The fourth-order valence-electron chi connectivity index (χ4n) is 2.52. The first-order valence-electron chi connectivity index (χ1n) is 7.16. The molecule has 0 aliphatic heterocycles. The summed E-state index contributed by atoms with van der Waals surface area (Å²) in [7, 11) is 0. The lowest BCUT2D eigenvalue weighted by molar-refractivity contribution is -0.513. The maximum absolute atomic E-state index is 10.8. The van der Waals surface area contributed by atoms with E-state index in [9.17, 15) is 10.1 Å². The zero-order valence-electron chi connectivity index (χ0n) is 12.5. The zero-order valence-corrected chi connectivity index (χ0v) is 12.5. The minimum Gasteiger partial charge on any atom is -0.258 e. The number of hydrogen-bond acceptors (Lipinski definition) is 3.